The van der Waals surface area contributed by atoms with Crippen molar-refractivity contribution in [2.24, 2.45) is 0 Å². The van der Waals surface area contributed by atoms with Crippen LogP contribution in [0.3, 0.4) is 0 Å². The number of nitrogens with zero attached hydrogens (tertiary/aromatic N) is 3. The van der Waals surface area contributed by atoms with Crippen molar-refractivity contribution in [3.63, 3.8) is 0 Å². The number of aryl methyl sites for hydroxylation is 1. The van der Waals surface area contributed by atoms with E-state index in [1.165, 1.54) is 17.0 Å². The van der Waals surface area contributed by atoms with Crippen molar-refractivity contribution in [2.45, 2.75) is 46.3 Å². The predicted octanol–water partition coefficient (Wildman–Crippen LogP) is 3.37. The average Bonchev–Trinajstić information content (AvgIpc) is 2.75. The van der Waals surface area contributed by atoms with Crippen molar-refractivity contribution < 1.29 is 22.9 Å². The van der Waals surface area contributed by atoms with Gasteiger partial charge in [0.05, 0.1) is 16.9 Å². The number of anilines is 1. The van der Waals surface area contributed by atoms with Crippen LogP contribution in [0.25, 0.3) is 0 Å². The Morgan fingerprint density at radius 1 is 1.11 bits per heavy atom. The number of sulfonamides is 1. The first-order valence-electron chi connectivity index (χ1n) is 10.8. The predicted molar refractivity (Wildman–Crippen MR) is 137 cm³/mol. The standard InChI is InChI=1S/C23H29BrN4O6S/c1-15(2)25-23(30)17(4)26(13-18-7-9-19(24)10-8-18)22(29)14-27(35(5,33)34)21-12-20(28(31)32)11-6-16(21)3/h6-12,15,17H,13-14H2,1-5H3,(H,25,30)/t17-/m1/s1. The number of non-ortho nitro benzene ring substituents is 1. The minimum atomic E-state index is -4.00. The van der Waals surface area contributed by atoms with Crippen molar-refractivity contribution in [3.8, 4) is 0 Å². The Morgan fingerprint density at radius 2 is 1.71 bits per heavy atom. The molecule has 2 aromatic carbocycles. The average molecular weight is 569 g/mol. The van der Waals surface area contributed by atoms with Crippen molar-refractivity contribution in [2.75, 3.05) is 17.1 Å². The van der Waals surface area contributed by atoms with Crippen molar-refractivity contribution in [1.29, 1.82) is 0 Å². The van der Waals surface area contributed by atoms with Gasteiger partial charge in [-0.1, -0.05) is 34.1 Å². The largest absolute Gasteiger partial charge is 0.352 e. The number of hydrogen-bond acceptors (Lipinski definition) is 6. The molecule has 0 heterocycles. The fourth-order valence-corrected chi connectivity index (χ4v) is 4.51. The Morgan fingerprint density at radius 3 is 2.23 bits per heavy atom. The molecule has 0 aliphatic carbocycles. The fraction of sp³-hybridized carbons (Fsp3) is 0.391. The second kappa shape index (κ2) is 11.6. The van der Waals surface area contributed by atoms with E-state index in [1.807, 2.05) is 0 Å². The molecule has 0 fully saturated rings. The highest BCUT2D eigenvalue weighted by atomic mass is 79.9. The highest BCUT2D eigenvalue weighted by Crippen LogP contribution is 2.28. The van der Waals surface area contributed by atoms with Gasteiger partial charge in [-0.2, -0.15) is 0 Å². The molecule has 0 aliphatic heterocycles. The summed E-state index contributed by atoms with van der Waals surface area (Å²) in [5, 5.41) is 14.0. The summed E-state index contributed by atoms with van der Waals surface area (Å²) >= 11 is 3.36. The molecular weight excluding hydrogens is 540 g/mol. The quantitative estimate of drug-likeness (QED) is 0.345. The van der Waals surface area contributed by atoms with Crippen molar-refractivity contribution in [1.82, 2.24) is 10.2 Å². The molecule has 0 bridgehead atoms. The lowest BCUT2D eigenvalue weighted by atomic mass is 10.1. The zero-order chi connectivity index (χ0) is 26.5. The number of amides is 2. The maximum atomic E-state index is 13.5. The molecule has 0 aliphatic rings. The number of nitrogens with one attached hydrogen (secondary N) is 1. The molecule has 0 radical (unpaired) electrons. The first kappa shape index (κ1) is 28.2. The molecule has 2 amide bonds. The summed E-state index contributed by atoms with van der Waals surface area (Å²) in [5.41, 5.74) is 0.906. The van der Waals surface area contributed by atoms with E-state index in [-0.39, 0.29) is 29.9 Å². The van der Waals surface area contributed by atoms with Crippen molar-refractivity contribution >= 4 is 49.1 Å². The normalized spacial score (nSPS) is 12.2. The van der Waals surface area contributed by atoms with E-state index in [2.05, 4.69) is 21.2 Å². The van der Waals surface area contributed by atoms with Gasteiger partial charge in [-0.05, 0) is 51.0 Å². The fourth-order valence-electron chi connectivity index (χ4n) is 3.35. The number of rotatable bonds is 10. The molecule has 35 heavy (non-hydrogen) atoms. The number of halogens is 1. The number of hydrogen-bond donors (Lipinski definition) is 1. The second-order valence-electron chi connectivity index (χ2n) is 8.48. The van der Waals surface area contributed by atoms with Crippen molar-refractivity contribution in [3.05, 3.63) is 68.2 Å². The van der Waals surface area contributed by atoms with Crippen LogP contribution in [0, 0.1) is 17.0 Å². The Kier molecular flexibility index (Phi) is 9.38. The monoisotopic (exact) mass is 568 g/mol. The molecule has 0 aromatic heterocycles. The Balaban J connectivity index is 2.47. The minimum Gasteiger partial charge on any atom is -0.352 e. The third-order valence-electron chi connectivity index (χ3n) is 5.22. The van der Waals surface area contributed by atoms with Gasteiger partial charge in [0, 0.05) is 29.2 Å². The molecule has 2 aromatic rings. The smallest absolute Gasteiger partial charge is 0.271 e. The van der Waals surface area contributed by atoms with Crippen LogP contribution in [0.2, 0.25) is 0 Å². The Labute approximate surface area is 213 Å². The molecule has 0 saturated carbocycles. The van der Waals surface area contributed by atoms with Crippen LogP contribution in [0.15, 0.2) is 46.9 Å². The highest BCUT2D eigenvalue weighted by Gasteiger charge is 2.31. The summed E-state index contributed by atoms with van der Waals surface area (Å²) in [6.45, 7) is 6.18. The molecule has 190 valence electrons. The van der Waals surface area contributed by atoms with E-state index in [9.17, 15) is 28.1 Å². The summed E-state index contributed by atoms with van der Waals surface area (Å²) in [7, 11) is -4.00. The van der Waals surface area contributed by atoms with E-state index >= 15 is 0 Å². The van der Waals surface area contributed by atoms with Crippen LogP contribution < -0.4 is 9.62 Å². The number of nitro groups is 1. The lowest BCUT2D eigenvalue weighted by Crippen LogP contribution is -2.52. The lowest BCUT2D eigenvalue weighted by Gasteiger charge is -2.32. The molecule has 0 spiro atoms. The van der Waals surface area contributed by atoms with E-state index < -0.39 is 33.4 Å². The van der Waals surface area contributed by atoms with E-state index in [0.717, 1.165) is 26.7 Å². The SMILES string of the molecule is Cc1ccc([N+](=O)[O-])cc1N(CC(=O)N(Cc1ccc(Br)cc1)[C@H](C)C(=O)NC(C)C)S(C)(=O)=O. The van der Waals surface area contributed by atoms with Gasteiger partial charge in [0.1, 0.15) is 12.6 Å². The molecule has 12 heteroatoms. The van der Waals surface area contributed by atoms with E-state index in [0.29, 0.717) is 5.56 Å². The summed E-state index contributed by atoms with van der Waals surface area (Å²) in [6.07, 6.45) is 0.923. The van der Waals surface area contributed by atoms with Gasteiger partial charge in [0.25, 0.3) is 5.69 Å². The van der Waals surface area contributed by atoms with Gasteiger partial charge in [-0.3, -0.25) is 24.0 Å². The zero-order valence-electron chi connectivity index (χ0n) is 20.2. The van der Waals surface area contributed by atoms with Crippen LogP contribution in [0.5, 0.6) is 0 Å². The number of carbonyl (C=O) groups is 2. The summed E-state index contributed by atoms with van der Waals surface area (Å²) in [6, 6.07) is 9.92. The van der Waals surface area contributed by atoms with E-state index in [4.69, 9.17) is 0 Å². The van der Waals surface area contributed by atoms with Crippen LogP contribution in [-0.2, 0) is 26.2 Å². The van der Waals surface area contributed by atoms with E-state index in [1.54, 1.807) is 52.0 Å². The van der Waals surface area contributed by atoms with Gasteiger partial charge in [0.2, 0.25) is 21.8 Å². The minimum absolute atomic E-state index is 0.0259. The molecule has 0 saturated heterocycles. The molecule has 1 N–H and O–H groups in total. The van der Waals surface area contributed by atoms with Gasteiger partial charge in [-0.15, -0.1) is 0 Å². The number of nitro benzene ring substituents is 1. The van der Waals surface area contributed by atoms with Gasteiger partial charge >= 0.3 is 0 Å². The first-order chi connectivity index (χ1) is 16.2. The van der Waals surface area contributed by atoms with Gasteiger partial charge < -0.3 is 10.2 Å². The topological polar surface area (TPSA) is 130 Å². The summed E-state index contributed by atoms with van der Waals surface area (Å²) in [4.78, 5) is 38.2. The highest BCUT2D eigenvalue weighted by molar-refractivity contribution is 9.10. The van der Waals surface area contributed by atoms with Gasteiger partial charge in [-0.25, -0.2) is 8.42 Å². The van der Waals surface area contributed by atoms with Crippen LogP contribution in [-0.4, -0.2) is 54.9 Å². The molecule has 2 rings (SSSR count). The maximum Gasteiger partial charge on any atom is 0.271 e. The van der Waals surface area contributed by atoms with Crippen LogP contribution in [0.1, 0.15) is 31.9 Å². The Bertz CT molecular complexity index is 1200. The molecular formula is C23H29BrN4O6S. The second-order valence-corrected chi connectivity index (χ2v) is 11.3. The third kappa shape index (κ3) is 7.76. The zero-order valence-corrected chi connectivity index (χ0v) is 22.6. The third-order valence-corrected chi connectivity index (χ3v) is 6.87. The number of benzene rings is 2. The Hall–Kier alpha value is -2.99. The van der Waals surface area contributed by atoms with Crippen LogP contribution in [0.4, 0.5) is 11.4 Å². The summed E-state index contributed by atoms with van der Waals surface area (Å²) in [5.74, 6) is -1.02. The van der Waals surface area contributed by atoms with Gasteiger partial charge in [0.15, 0.2) is 0 Å². The molecule has 0 unspecified atom stereocenters. The lowest BCUT2D eigenvalue weighted by molar-refractivity contribution is -0.384. The molecule has 10 nitrogen and oxygen atoms in total. The van der Waals surface area contributed by atoms with Crippen LogP contribution >= 0.6 is 15.9 Å². The first-order valence-corrected chi connectivity index (χ1v) is 13.4. The maximum absolute atomic E-state index is 13.5. The molecule has 1 atom stereocenters. The number of carbonyl (C=O) groups excluding carboxylic acids is 2. The summed E-state index contributed by atoms with van der Waals surface area (Å²) < 4.78 is 27.0.